The molecule has 1 aromatic rings. The number of anilines is 1. The van der Waals surface area contributed by atoms with Gasteiger partial charge in [0.15, 0.2) is 0 Å². The molecule has 0 spiro atoms. The quantitative estimate of drug-likeness (QED) is 0.802. The summed E-state index contributed by atoms with van der Waals surface area (Å²) in [4.78, 5) is 2.24. The van der Waals surface area contributed by atoms with Crippen LogP contribution in [0.1, 0.15) is 12.6 Å². The Morgan fingerprint density at radius 1 is 1.59 bits per heavy atom. The highest BCUT2D eigenvalue weighted by atomic mass is 32.1. The summed E-state index contributed by atoms with van der Waals surface area (Å²) in [5.74, 6) is 0. The van der Waals surface area contributed by atoms with Crippen molar-refractivity contribution >= 4 is 16.5 Å². The number of aliphatic hydroxyl groups is 1. The van der Waals surface area contributed by atoms with Crippen molar-refractivity contribution < 1.29 is 9.84 Å². The second kappa shape index (κ2) is 5.72. The van der Waals surface area contributed by atoms with Crippen LogP contribution in [0.3, 0.4) is 0 Å². The first kappa shape index (κ1) is 12.7. The Hall–Kier alpha value is -0.760. The Kier molecular flexibility index (Phi) is 4.27. The molecule has 2 N–H and O–H groups in total. The lowest BCUT2D eigenvalue weighted by molar-refractivity contribution is -0.0974. The molecule has 1 saturated heterocycles. The second-order valence-corrected chi connectivity index (χ2v) is 5.00. The molecule has 2 heterocycles. The minimum Gasteiger partial charge on any atom is -0.394 e. The maximum Gasteiger partial charge on any atom is 0.134 e. The summed E-state index contributed by atoms with van der Waals surface area (Å²) < 4.78 is 9.54. The standard InChI is InChI=1S/C10H18N4O2S/c1-7-3-14(4-8(6-15)16-7)5-9-10(11-2)17-13-12-9/h7-8,11,15H,3-6H2,1-2H3. The molecule has 2 atom stereocenters. The minimum atomic E-state index is -0.0941. The largest absolute Gasteiger partial charge is 0.394 e. The SMILES string of the molecule is CNc1snnc1CN1CC(C)OC(CO)C1. The lowest BCUT2D eigenvalue weighted by Crippen LogP contribution is -2.47. The van der Waals surface area contributed by atoms with Gasteiger partial charge in [-0.25, -0.2) is 0 Å². The predicted molar refractivity (Wildman–Crippen MR) is 66.2 cm³/mol. The molecule has 0 saturated carbocycles. The molecule has 1 aromatic heterocycles. The molecule has 2 unspecified atom stereocenters. The number of rotatable bonds is 4. The van der Waals surface area contributed by atoms with E-state index in [1.165, 1.54) is 11.5 Å². The fraction of sp³-hybridized carbons (Fsp3) is 0.800. The molecule has 7 heteroatoms. The number of hydrogen-bond donors (Lipinski definition) is 2. The molecule has 0 bridgehead atoms. The predicted octanol–water partition coefficient (Wildman–Crippen LogP) is 0.161. The van der Waals surface area contributed by atoms with E-state index in [0.29, 0.717) is 0 Å². The lowest BCUT2D eigenvalue weighted by atomic mass is 10.2. The summed E-state index contributed by atoms with van der Waals surface area (Å²) in [7, 11) is 1.87. The van der Waals surface area contributed by atoms with Crippen molar-refractivity contribution in [2.24, 2.45) is 0 Å². The van der Waals surface area contributed by atoms with Crippen molar-refractivity contribution in [2.45, 2.75) is 25.7 Å². The van der Waals surface area contributed by atoms with Gasteiger partial charge in [0.05, 0.1) is 18.8 Å². The number of aliphatic hydroxyl groups excluding tert-OH is 1. The Balaban J connectivity index is 1.98. The number of ether oxygens (including phenoxy) is 1. The third-order valence-electron chi connectivity index (χ3n) is 2.76. The van der Waals surface area contributed by atoms with E-state index in [-0.39, 0.29) is 18.8 Å². The van der Waals surface area contributed by atoms with Gasteiger partial charge < -0.3 is 15.2 Å². The summed E-state index contributed by atoms with van der Waals surface area (Å²) in [6.07, 6.45) is 0.0499. The molecule has 2 rings (SSSR count). The molecule has 0 radical (unpaired) electrons. The van der Waals surface area contributed by atoms with Gasteiger partial charge in [-0.2, -0.15) is 0 Å². The van der Waals surface area contributed by atoms with Crippen LogP contribution in [0.25, 0.3) is 0 Å². The first-order valence-electron chi connectivity index (χ1n) is 5.70. The van der Waals surface area contributed by atoms with E-state index >= 15 is 0 Å². The molecule has 17 heavy (non-hydrogen) atoms. The van der Waals surface area contributed by atoms with Crippen LogP contribution in [-0.2, 0) is 11.3 Å². The van der Waals surface area contributed by atoms with Gasteiger partial charge in [0.1, 0.15) is 10.7 Å². The third kappa shape index (κ3) is 3.12. The third-order valence-corrected chi connectivity index (χ3v) is 3.55. The van der Waals surface area contributed by atoms with Crippen LogP contribution in [0.2, 0.25) is 0 Å². The van der Waals surface area contributed by atoms with Gasteiger partial charge >= 0.3 is 0 Å². The molecule has 0 amide bonds. The van der Waals surface area contributed by atoms with Crippen molar-refractivity contribution in [3.8, 4) is 0 Å². The average Bonchev–Trinajstić information content (AvgIpc) is 2.75. The van der Waals surface area contributed by atoms with Gasteiger partial charge in [-0.3, -0.25) is 4.90 Å². The smallest absolute Gasteiger partial charge is 0.134 e. The number of nitrogens with one attached hydrogen (secondary N) is 1. The van der Waals surface area contributed by atoms with Crippen LogP contribution >= 0.6 is 11.5 Å². The number of morpholine rings is 1. The summed E-state index contributed by atoms with van der Waals surface area (Å²) in [5.41, 5.74) is 0.961. The first-order chi connectivity index (χ1) is 8.22. The topological polar surface area (TPSA) is 70.5 Å². The van der Waals surface area contributed by atoms with Crippen molar-refractivity contribution in [1.82, 2.24) is 14.5 Å². The zero-order valence-electron chi connectivity index (χ0n) is 10.1. The van der Waals surface area contributed by atoms with E-state index in [4.69, 9.17) is 9.84 Å². The Morgan fingerprint density at radius 2 is 2.41 bits per heavy atom. The van der Waals surface area contributed by atoms with Crippen LogP contribution in [-0.4, -0.2) is 58.5 Å². The zero-order chi connectivity index (χ0) is 12.3. The fourth-order valence-electron chi connectivity index (χ4n) is 2.08. The summed E-state index contributed by atoms with van der Waals surface area (Å²) in [6.45, 7) is 4.43. The molecular weight excluding hydrogens is 240 g/mol. The minimum absolute atomic E-state index is 0.0645. The second-order valence-electron chi connectivity index (χ2n) is 4.24. The molecule has 1 aliphatic rings. The molecule has 6 nitrogen and oxygen atoms in total. The molecule has 0 aromatic carbocycles. The Labute approximate surface area is 105 Å². The number of aromatic nitrogens is 2. The molecular formula is C10H18N4O2S. The monoisotopic (exact) mass is 258 g/mol. The molecule has 1 aliphatic heterocycles. The van der Waals surface area contributed by atoms with E-state index in [0.717, 1.165) is 30.3 Å². The average molecular weight is 258 g/mol. The maximum absolute atomic E-state index is 9.16. The first-order valence-corrected chi connectivity index (χ1v) is 6.48. The van der Waals surface area contributed by atoms with E-state index in [2.05, 4.69) is 19.8 Å². The van der Waals surface area contributed by atoms with Crippen molar-refractivity contribution in [3.05, 3.63) is 5.69 Å². The van der Waals surface area contributed by atoms with Crippen LogP contribution in [0, 0.1) is 0 Å². The van der Waals surface area contributed by atoms with Crippen molar-refractivity contribution in [3.63, 3.8) is 0 Å². The van der Waals surface area contributed by atoms with Crippen LogP contribution in [0.15, 0.2) is 0 Å². The summed E-state index contributed by atoms with van der Waals surface area (Å²) >= 11 is 1.37. The highest BCUT2D eigenvalue weighted by molar-refractivity contribution is 7.10. The number of hydrogen-bond acceptors (Lipinski definition) is 7. The van der Waals surface area contributed by atoms with E-state index in [1.807, 2.05) is 14.0 Å². The Bertz CT molecular complexity index is 360. The van der Waals surface area contributed by atoms with Gasteiger partial charge in [-0.05, 0) is 6.92 Å². The maximum atomic E-state index is 9.16. The van der Waals surface area contributed by atoms with E-state index in [9.17, 15) is 0 Å². The van der Waals surface area contributed by atoms with Gasteiger partial charge in [-0.15, -0.1) is 5.10 Å². The van der Waals surface area contributed by atoms with Crippen LogP contribution < -0.4 is 5.32 Å². The van der Waals surface area contributed by atoms with Crippen LogP contribution in [0.5, 0.6) is 0 Å². The van der Waals surface area contributed by atoms with Gasteiger partial charge in [-0.1, -0.05) is 4.49 Å². The lowest BCUT2D eigenvalue weighted by Gasteiger charge is -2.35. The van der Waals surface area contributed by atoms with Crippen molar-refractivity contribution in [2.75, 3.05) is 32.1 Å². The van der Waals surface area contributed by atoms with Gasteiger partial charge in [0.2, 0.25) is 0 Å². The summed E-state index contributed by atoms with van der Waals surface area (Å²) in [6, 6.07) is 0. The van der Waals surface area contributed by atoms with E-state index in [1.54, 1.807) is 0 Å². The molecule has 1 fully saturated rings. The highest BCUT2D eigenvalue weighted by Crippen LogP contribution is 2.20. The Morgan fingerprint density at radius 3 is 3.12 bits per heavy atom. The van der Waals surface area contributed by atoms with Crippen molar-refractivity contribution in [1.29, 1.82) is 0 Å². The zero-order valence-corrected chi connectivity index (χ0v) is 10.9. The van der Waals surface area contributed by atoms with Crippen LogP contribution in [0.4, 0.5) is 5.00 Å². The molecule has 0 aliphatic carbocycles. The van der Waals surface area contributed by atoms with Gasteiger partial charge in [0.25, 0.3) is 0 Å². The highest BCUT2D eigenvalue weighted by Gasteiger charge is 2.25. The fourth-order valence-corrected chi connectivity index (χ4v) is 2.61. The summed E-state index contributed by atoms with van der Waals surface area (Å²) in [5, 5.41) is 17.4. The van der Waals surface area contributed by atoms with Gasteiger partial charge in [0, 0.05) is 38.2 Å². The molecule has 96 valence electrons. The van der Waals surface area contributed by atoms with E-state index < -0.39 is 0 Å². The normalized spacial score (nSPS) is 26.1. The number of nitrogens with zero attached hydrogens (tertiary/aromatic N) is 3.